The van der Waals surface area contributed by atoms with Crippen LogP contribution in [-0.4, -0.2) is 37.1 Å². The second-order valence-corrected chi connectivity index (χ2v) is 3.78. The first-order valence-corrected chi connectivity index (χ1v) is 5.36. The van der Waals surface area contributed by atoms with E-state index in [1.54, 1.807) is 6.92 Å². The molecule has 0 aliphatic carbocycles. The van der Waals surface area contributed by atoms with Gasteiger partial charge in [-0.3, -0.25) is 9.59 Å². The number of amides is 1. The van der Waals surface area contributed by atoms with E-state index in [1.807, 2.05) is 0 Å². The quantitative estimate of drug-likeness (QED) is 0.753. The molecule has 0 atom stereocenters. The van der Waals surface area contributed by atoms with Gasteiger partial charge >= 0.3 is 5.97 Å². The normalized spacial score (nSPS) is 10.4. The number of carbonyl (C=O) groups is 2. The predicted octanol–water partition coefficient (Wildman–Crippen LogP) is -0.411. The summed E-state index contributed by atoms with van der Waals surface area (Å²) in [5.41, 5.74) is 0.807. The number of hydrogen-bond donors (Lipinski definition) is 2. The lowest BCUT2D eigenvalue weighted by Crippen LogP contribution is -2.23. The molecule has 2 heterocycles. The Bertz CT molecular complexity index is 603. The number of aliphatic carboxylic acids is 1. The molecule has 0 saturated heterocycles. The molecule has 1 amide bonds. The Balaban J connectivity index is 1.92. The standard InChI is InChI=1S/C10H11N5O4/c1-6-8(3-12-19-6)10(18)11-2-7-4-15(14-13-7)5-9(16)17/h3-4H,2,5H2,1H3,(H,11,18)(H,16,17). The van der Waals surface area contributed by atoms with Gasteiger partial charge in [-0.05, 0) is 6.92 Å². The van der Waals surface area contributed by atoms with Gasteiger partial charge < -0.3 is 14.9 Å². The van der Waals surface area contributed by atoms with Crippen molar-refractivity contribution in [2.24, 2.45) is 0 Å². The fraction of sp³-hybridized carbons (Fsp3) is 0.300. The highest BCUT2D eigenvalue weighted by Crippen LogP contribution is 2.05. The van der Waals surface area contributed by atoms with Crippen LogP contribution in [0.25, 0.3) is 0 Å². The number of carboxylic acids is 1. The van der Waals surface area contributed by atoms with Crippen LogP contribution in [0, 0.1) is 6.92 Å². The average Bonchev–Trinajstić information content (AvgIpc) is 2.94. The van der Waals surface area contributed by atoms with E-state index in [-0.39, 0.29) is 19.0 Å². The number of aryl methyl sites for hydroxylation is 1. The molecule has 0 aromatic carbocycles. The molecule has 2 rings (SSSR count). The molecule has 0 fully saturated rings. The highest BCUT2D eigenvalue weighted by Gasteiger charge is 2.13. The van der Waals surface area contributed by atoms with Crippen LogP contribution in [0.15, 0.2) is 16.9 Å². The fourth-order valence-electron chi connectivity index (χ4n) is 1.42. The summed E-state index contributed by atoms with van der Waals surface area (Å²) in [7, 11) is 0. The summed E-state index contributed by atoms with van der Waals surface area (Å²) in [4.78, 5) is 22.2. The third-order valence-corrected chi connectivity index (χ3v) is 2.31. The summed E-state index contributed by atoms with van der Waals surface area (Å²) in [6.45, 7) is 1.50. The van der Waals surface area contributed by atoms with Crippen molar-refractivity contribution in [3.63, 3.8) is 0 Å². The van der Waals surface area contributed by atoms with Crippen LogP contribution in [-0.2, 0) is 17.9 Å². The molecular formula is C10H11N5O4. The highest BCUT2D eigenvalue weighted by molar-refractivity contribution is 5.94. The van der Waals surface area contributed by atoms with E-state index in [1.165, 1.54) is 17.1 Å². The second-order valence-electron chi connectivity index (χ2n) is 3.78. The van der Waals surface area contributed by atoms with E-state index in [0.29, 0.717) is 17.0 Å². The maximum atomic E-state index is 11.7. The number of hydrogen-bond acceptors (Lipinski definition) is 6. The van der Waals surface area contributed by atoms with Gasteiger partial charge in [-0.25, -0.2) is 4.68 Å². The van der Waals surface area contributed by atoms with Gasteiger partial charge in [0.15, 0.2) is 0 Å². The Morgan fingerprint density at radius 1 is 1.53 bits per heavy atom. The summed E-state index contributed by atoms with van der Waals surface area (Å²) in [5.74, 6) is -0.931. The summed E-state index contributed by atoms with van der Waals surface area (Å²) >= 11 is 0. The Hall–Kier alpha value is -2.71. The first-order valence-electron chi connectivity index (χ1n) is 5.36. The molecule has 0 bridgehead atoms. The van der Waals surface area contributed by atoms with E-state index in [4.69, 9.17) is 9.63 Å². The fourth-order valence-corrected chi connectivity index (χ4v) is 1.42. The predicted molar refractivity (Wildman–Crippen MR) is 60.1 cm³/mol. The number of nitrogens with one attached hydrogen (secondary N) is 1. The van der Waals surface area contributed by atoms with Crippen LogP contribution in [0.5, 0.6) is 0 Å². The molecule has 0 aliphatic rings. The summed E-state index contributed by atoms with van der Waals surface area (Å²) in [5, 5.41) is 22.0. The highest BCUT2D eigenvalue weighted by atomic mass is 16.5. The minimum atomic E-state index is -1.01. The van der Waals surface area contributed by atoms with Crippen LogP contribution in [0.4, 0.5) is 0 Å². The van der Waals surface area contributed by atoms with Gasteiger partial charge in [-0.15, -0.1) is 5.10 Å². The van der Waals surface area contributed by atoms with Crippen LogP contribution in [0.2, 0.25) is 0 Å². The molecule has 0 radical (unpaired) electrons. The van der Waals surface area contributed by atoms with E-state index in [2.05, 4.69) is 20.8 Å². The van der Waals surface area contributed by atoms with E-state index in [0.717, 1.165) is 0 Å². The molecule has 2 N–H and O–H groups in total. The Kier molecular flexibility index (Phi) is 3.55. The Morgan fingerprint density at radius 2 is 2.32 bits per heavy atom. The Labute approximate surface area is 107 Å². The molecule has 0 unspecified atom stereocenters. The van der Waals surface area contributed by atoms with E-state index < -0.39 is 5.97 Å². The zero-order valence-corrected chi connectivity index (χ0v) is 10.0. The number of carbonyl (C=O) groups excluding carboxylic acids is 1. The van der Waals surface area contributed by atoms with Crippen LogP contribution in [0.3, 0.4) is 0 Å². The van der Waals surface area contributed by atoms with Gasteiger partial charge in [-0.2, -0.15) is 0 Å². The van der Waals surface area contributed by atoms with Crippen LogP contribution >= 0.6 is 0 Å². The number of carboxylic acid groups (broad SMARTS) is 1. The SMILES string of the molecule is Cc1oncc1C(=O)NCc1cn(CC(=O)O)nn1. The summed E-state index contributed by atoms with van der Waals surface area (Å²) < 4.78 is 5.95. The number of aromatic nitrogens is 4. The molecule has 9 nitrogen and oxygen atoms in total. The van der Waals surface area contributed by atoms with Crippen LogP contribution in [0.1, 0.15) is 21.8 Å². The summed E-state index contributed by atoms with van der Waals surface area (Å²) in [6.07, 6.45) is 2.78. The number of rotatable bonds is 5. The van der Waals surface area contributed by atoms with Gasteiger partial charge in [-0.1, -0.05) is 10.4 Å². The monoisotopic (exact) mass is 265 g/mol. The first-order chi connectivity index (χ1) is 9.06. The largest absolute Gasteiger partial charge is 0.480 e. The maximum Gasteiger partial charge on any atom is 0.325 e. The molecule has 2 aromatic rings. The van der Waals surface area contributed by atoms with E-state index in [9.17, 15) is 9.59 Å². The molecular weight excluding hydrogens is 254 g/mol. The van der Waals surface area contributed by atoms with Crippen molar-refractivity contribution in [3.8, 4) is 0 Å². The number of nitrogens with zero attached hydrogens (tertiary/aromatic N) is 4. The minimum absolute atomic E-state index is 0.142. The minimum Gasteiger partial charge on any atom is -0.480 e. The van der Waals surface area contributed by atoms with E-state index >= 15 is 0 Å². The second kappa shape index (κ2) is 5.29. The zero-order valence-electron chi connectivity index (χ0n) is 10.0. The summed E-state index contributed by atoms with van der Waals surface area (Å²) in [6, 6.07) is 0. The van der Waals surface area contributed by atoms with Crippen molar-refractivity contribution >= 4 is 11.9 Å². The van der Waals surface area contributed by atoms with Gasteiger partial charge in [0, 0.05) is 0 Å². The van der Waals surface area contributed by atoms with Gasteiger partial charge in [0.1, 0.15) is 23.6 Å². The topological polar surface area (TPSA) is 123 Å². The van der Waals surface area contributed by atoms with Gasteiger partial charge in [0.2, 0.25) is 0 Å². The lowest BCUT2D eigenvalue weighted by atomic mass is 10.2. The van der Waals surface area contributed by atoms with Crippen LogP contribution < -0.4 is 5.32 Å². The third-order valence-electron chi connectivity index (χ3n) is 2.31. The van der Waals surface area contributed by atoms with Crippen molar-refractivity contribution in [2.45, 2.75) is 20.0 Å². The zero-order chi connectivity index (χ0) is 13.8. The van der Waals surface area contributed by atoms with Crippen molar-refractivity contribution < 1.29 is 19.2 Å². The van der Waals surface area contributed by atoms with Gasteiger partial charge in [0.05, 0.1) is 18.9 Å². The molecule has 19 heavy (non-hydrogen) atoms. The van der Waals surface area contributed by atoms with Gasteiger partial charge in [0.25, 0.3) is 5.91 Å². The van der Waals surface area contributed by atoms with Crippen molar-refractivity contribution in [3.05, 3.63) is 29.4 Å². The maximum absolute atomic E-state index is 11.7. The Morgan fingerprint density at radius 3 is 2.95 bits per heavy atom. The molecule has 2 aromatic heterocycles. The average molecular weight is 265 g/mol. The van der Waals surface area contributed by atoms with Crippen molar-refractivity contribution in [1.29, 1.82) is 0 Å². The third kappa shape index (κ3) is 3.15. The van der Waals surface area contributed by atoms with Crippen molar-refractivity contribution in [1.82, 2.24) is 25.5 Å². The smallest absolute Gasteiger partial charge is 0.325 e. The molecule has 0 spiro atoms. The molecule has 9 heteroatoms. The molecule has 100 valence electrons. The lowest BCUT2D eigenvalue weighted by Gasteiger charge is -2.00. The lowest BCUT2D eigenvalue weighted by molar-refractivity contribution is -0.137. The molecule has 0 aliphatic heterocycles. The molecule has 0 saturated carbocycles. The van der Waals surface area contributed by atoms with Crippen molar-refractivity contribution in [2.75, 3.05) is 0 Å². The first kappa shape index (κ1) is 12.7.